The lowest BCUT2D eigenvalue weighted by atomic mass is 10.0. The zero-order valence-corrected chi connectivity index (χ0v) is 11.7. The number of aliphatic hydroxyl groups is 1. The summed E-state index contributed by atoms with van der Waals surface area (Å²) in [7, 11) is 0. The van der Waals surface area contributed by atoms with Crippen LogP contribution in [-0.4, -0.2) is 17.8 Å². The maximum Gasteiger partial charge on any atom is 0.0692 e. The highest BCUT2D eigenvalue weighted by atomic mass is 79.9. The van der Waals surface area contributed by atoms with Gasteiger partial charge in [-0.25, -0.2) is 0 Å². The van der Waals surface area contributed by atoms with E-state index in [0.717, 1.165) is 17.6 Å². The van der Waals surface area contributed by atoms with Crippen LogP contribution in [0.25, 0.3) is 0 Å². The highest BCUT2D eigenvalue weighted by Gasteiger charge is 2.22. The fourth-order valence-corrected chi connectivity index (χ4v) is 3.72. The van der Waals surface area contributed by atoms with Crippen molar-refractivity contribution in [3.63, 3.8) is 0 Å². The highest BCUT2D eigenvalue weighted by molar-refractivity contribution is 9.10. The van der Waals surface area contributed by atoms with Crippen molar-refractivity contribution < 1.29 is 5.11 Å². The highest BCUT2D eigenvalue weighted by Crippen LogP contribution is 2.27. The van der Waals surface area contributed by atoms with Gasteiger partial charge in [0.1, 0.15) is 0 Å². The van der Waals surface area contributed by atoms with E-state index in [0.29, 0.717) is 5.92 Å². The summed E-state index contributed by atoms with van der Waals surface area (Å²) in [6.07, 6.45) is 4.82. The molecule has 0 aliphatic heterocycles. The molecule has 2 N–H and O–H groups in total. The fraction of sp³-hybridized carbons (Fsp3) is 0.667. The molecule has 1 fully saturated rings. The molecule has 1 aliphatic carbocycles. The van der Waals surface area contributed by atoms with Gasteiger partial charge in [0.05, 0.1) is 6.10 Å². The Bertz CT molecular complexity index is 323. The molecule has 1 aromatic rings. The second-order valence-corrected chi connectivity index (χ2v) is 6.39. The summed E-state index contributed by atoms with van der Waals surface area (Å²) in [6.45, 7) is 1.58. The first-order valence-corrected chi connectivity index (χ1v) is 7.54. The van der Waals surface area contributed by atoms with Gasteiger partial charge in [0.25, 0.3) is 0 Å². The molecular formula is C12H18BrNOS. The van der Waals surface area contributed by atoms with Crippen LogP contribution in [0.2, 0.25) is 0 Å². The monoisotopic (exact) mass is 303 g/mol. The Morgan fingerprint density at radius 3 is 2.88 bits per heavy atom. The van der Waals surface area contributed by atoms with Gasteiger partial charge in [-0.15, -0.1) is 11.3 Å². The van der Waals surface area contributed by atoms with E-state index in [1.807, 2.05) is 0 Å². The van der Waals surface area contributed by atoms with Crippen LogP contribution in [0, 0.1) is 5.92 Å². The standard InChI is InChI=1S/C12H18BrNOS/c13-10-5-11(16-8-10)6-14-7-12(15)9-3-1-2-4-9/h5,8-9,12,14-15H,1-4,6-7H2. The molecule has 1 saturated carbocycles. The normalized spacial score (nSPS) is 19.1. The van der Waals surface area contributed by atoms with Crippen molar-refractivity contribution in [2.24, 2.45) is 5.92 Å². The zero-order chi connectivity index (χ0) is 11.4. The van der Waals surface area contributed by atoms with Crippen molar-refractivity contribution >= 4 is 27.3 Å². The largest absolute Gasteiger partial charge is 0.392 e. The molecule has 16 heavy (non-hydrogen) atoms. The minimum Gasteiger partial charge on any atom is -0.392 e. The van der Waals surface area contributed by atoms with Crippen LogP contribution in [0.3, 0.4) is 0 Å². The molecule has 90 valence electrons. The minimum atomic E-state index is -0.161. The van der Waals surface area contributed by atoms with Gasteiger partial charge in [-0.1, -0.05) is 12.8 Å². The van der Waals surface area contributed by atoms with Crippen molar-refractivity contribution in [2.45, 2.75) is 38.3 Å². The molecule has 0 amide bonds. The molecule has 0 spiro atoms. The van der Waals surface area contributed by atoms with E-state index >= 15 is 0 Å². The van der Waals surface area contributed by atoms with Crippen molar-refractivity contribution in [1.29, 1.82) is 0 Å². The Labute approximate surface area is 109 Å². The average molecular weight is 304 g/mol. The summed E-state index contributed by atoms with van der Waals surface area (Å²) in [6, 6.07) is 2.12. The molecule has 0 bridgehead atoms. The maximum atomic E-state index is 9.96. The van der Waals surface area contributed by atoms with Crippen molar-refractivity contribution in [3.05, 3.63) is 20.8 Å². The van der Waals surface area contributed by atoms with Crippen LogP contribution in [0.1, 0.15) is 30.6 Å². The lowest BCUT2D eigenvalue weighted by Gasteiger charge is -2.17. The van der Waals surface area contributed by atoms with Crippen LogP contribution >= 0.6 is 27.3 Å². The zero-order valence-electron chi connectivity index (χ0n) is 9.29. The van der Waals surface area contributed by atoms with Gasteiger partial charge in [-0.2, -0.15) is 0 Å². The number of rotatable bonds is 5. The Kier molecular flexibility index (Phi) is 4.82. The minimum absolute atomic E-state index is 0.161. The van der Waals surface area contributed by atoms with Gasteiger partial charge in [0.15, 0.2) is 0 Å². The third kappa shape index (κ3) is 3.55. The van der Waals surface area contributed by atoms with Crippen LogP contribution in [0.5, 0.6) is 0 Å². The molecule has 0 aromatic carbocycles. The lowest BCUT2D eigenvalue weighted by molar-refractivity contribution is 0.109. The molecule has 2 nitrogen and oxygen atoms in total. The third-order valence-corrected chi connectivity index (χ3v) is 4.92. The number of halogens is 1. The Morgan fingerprint density at radius 2 is 2.25 bits per heavy atom. The summed E-state index contributed by atoms with van der Waals surface area (Å²) >= 11 is 5.18. The first kappa shape index (κ1) is 12.6. The lowest BCUT2D eigenvalue weighted by Crippen LogP contribution is -2.31. The number of aliphatic hydroxyl groups excluding tert-OH is 1. The van der Waals surface area contributed by atoms with Gasteiger partial charge in [-0.3, -0.25) is 0 Å². The predicted molar refractivity (Wildman–Crippen MR) is 71.7 cm³/mol. The molecule has 1 heterocycles. The van der Waals surface area contributed by atoms with E-state index in [4.69, 9.17) is 0 Å². The van der Waals surface area contributed by atoms with Gasteiger partial charge in [0.2, 0.25) is 0 Å². The van der Waals surface area contributed by atoms with E-state index < -0.39 is 0 Å². The van der Waals surface area contributed by atoms with Crippen LogP contribution in [-0.2, 0) is 6.54 Å². The number of nitrogens with one attached hydrogen (secondary N) is 1. The van der Waals surface area contributed by atoms with E-state index in [2.05, 4.69) is 32.7 Å². The SMILES string of the molecule is OC(CNCc1cc(Br)cs1)C1CCCC1. The van der Waals surface area contributed by atoms with Crippen LogP contribution in [0.15, 0.2) is 15.9 Å². The van der Waals surface area contributed by atoms with E-state index in [9.17, 15) is 5.11 Å². The van der Waals surface area contributed by atoms with E-state index in [1.165, 1.54) is 30.6 Å². The fourth-order valence-electron chi connectivity index (χ4n) is 2.30. The third-order valence-electron chi connectivity index (χ3n) is 3.22. The summed E-state index contributed by atoms with van der Waals surface area (Å²) in [5, 5.41) is 15.4. The van der Waals surface area contributed by atoms with E-state index in [-0.39, 0.29) is 6.10 Å². The summed E-state index contributed by atoms with van der Waals surface area (Å²) < 4.78 is 1.14. The van der Waals surface area contributed by atoms with Crippen LogP contribution in [0.4, 0.5) is 0 Å². The molecule has 0 saturated heterocycles. The summed E-state index contributed by atoms with van der Waals surface area (Å²) in [4.78, 5) is 1.31. The summed E-state index contributed by atoms with van der Waals surface area (Å²) in [5.41, 5.74) is 0. The Hall–Kier alpha value is 0.1000. The number of hydrogen-bond donors (Lipinski definition) is 2. The number of thiophene rings is 1. The molecule has 1 unspecified atom stereocenters. The first-order valence-electron chi connectivity index (χ1n) is 5.87. The second-order valence-electron chi connectivity index (χ2n) is 4.47. The quantitative estimate of drug-likeness (QED) is 0.876. The summed E-state index contributed by atoms with van der Waals surface area (Å²) in [5.74, 6) is 0.530. The maximum absolute atomic E-state index is 9.96. The Morgan fingerprint density at radius 1 is 1.50 bits per heavy atom. The molecular weight excluding hydrogens is 286 g/mol. The number of hydrogen-bond acceptors (Lipinski definition) is 3. The van der Waals surface area contributed by atoms with Gasteiger partial charge >= 0.3 is 0 Å². The smallest absolute Gasteiger partial charge is 0.0692 e. The average Bonchev–Trinajstić information content (AvgIpc) is 2.89. The second kappa shape index (κ2) is 6.15. The van der Waals surface area contributed by atoms with Gasteiger partial charge < -0.3 is 10.4 Å². The first-order chi connectivity index (χ1) is 7.75. The Balaban J connectivity index is 1.67. The molecule has 1 atom stereocenters. The topological polar surface area (TPSA) is 32.3 Å². The van der Waals surface area contributed by atoms with Gasteiger partial charge in [0, 0.05) is 27.8 Å². The van der Waals surface area contributed by atoms with Crippen molar-refractivity contribution in [3.8, 4) is 0 Å². The van der Waals surface area contributed by atoms with E-state index in [1.54, 1.807) is 11.3 Å². The molecule has 1 aliphatic rings. The van der Waals surface area contributed by atoms with Gasteiger partial charge in [-0.05, 0) is 40.8 Å². The molecule has 0 radical (unpaired) electrons. The van der Waals surface area contributed by atoms with Crippen LogP contribution < -0.4 is 5.32 Å². The predicted octanol–water partition coefficient (Wildman–Crippen LogP) is 3.15. The van der Waals surface area contributed by atoms with Crippen molar-refractivity contribution in [1.82, 2.24) is 5.32 Å². The molecule has 4 heteroatoms. The van der Waals surface area contributed by atoms with Crippen molar-refractivity contribution in [2.75, 3.05) is 6.54 Å². The molecule has 2 rings (SSSR count). The molecule has 1 aromatic heterocycles.